The number of alkyl halides is 1. The molecule has 0 aliphatic rings. The number of halogens is 1. The molecule has 0 atom stereocenters. The van der Waals surface area contributed by atoms with E-state index in [1.165, 1.54) is 0 Å². The molecule has 0 aliphatic carbocycles. The lowest BCUT2D eigenvalue weighted by molar-refractivity contribution is 0.112. The molecule has 2 aromatic carbocycles. The van der Waals surface area contributed by atoms with Crippen LogP contribution in [0.25, 0.3) is 10.8 Å². The molecule has 2 nitrogen and oxygen atoms in total. The van der Waals surface area contributed by atoms with Gasteiger partial charge in [0.1, 0.15) is 19.0 Å². The molecule has 2 aromatic rings. The molecular weight excluding hydrogens is 206 g/mol. The van der Waals surface area contributed by atoms with Crippen LogP contribution in [0.2, 0.25) is 0 Å². The van der Waals surface area contributed by atoms with Crippen LogP contribution in [0.15, 0.2) is 36.4 Å². The molecule has 16 heavy (non-hydrogen) atoms. The van der Waals surface area contributed by atoms with Gasteiger partial charge in [-0.3, -0.25) is 4.79 Å². The van der Waals surface area contributed by atoms with E-state index in [1.807, 2.05) is 18.2 Å². The van der Waals surface area contributed by atoms with Gasteiger partial charge >= 0.3 is 0 Å². The van der Waals surface area contributed by atoms with Crippen molar-refractivity contribution < 1.29 is 13.9 Å². The average Bonchev–Trinajstić information content (AvgIpc) is 2.35. The zero-order chi connectivity index (χ0) is 11.4. The van der Waals surface area contributed by atoms with Gasteiger partial charge in [-0.1, -0.05) is 18.2 Å². The largest absolute Gasteiger partial charge is 0.491 e. The van der Waals surface area contributed by atoms with Crippen LogP contribution in [0.4, 0.5) is 4.39 Å². The number of carbonyl (C=O) groups is 1. The van der Waals surface area contributed by atoms with Gasteiger partial charge in [0.05, 0.1) is 0 Å². The zero-order valence-corrected chi connectivity index (χ0v) is 8.65. The average molecular weight is 217 g/mol. The van der Waals surface area contributed by atoms with Crippen LogP contribution in [-0.2, 0) is 0 Å². The van der Waals surface area contributed by atoms with Gasteiger partial charge in [-0.15, -0.1) is 0 Å². The number of hydrogen-bond donors (Lipinski definition) is 0. The molecule has 2 rings (SSSR count). The smallest absolute Gasteiger partial charge is 0.150 e. The molecule has 3 heteroatoms. The third-order valence-electron chi connectivity index (χ3n) is 2.36. The minimum atomic E-state index is -0.508. The van der Waals surface area contributed by atoms with E-state index in [1.54, 1.807) is 18.2 Å². The lowest BCUT2D eigenvalue weighted by Gasteiger charge is -2.06. The highest BCUT2D eigenvalue weighted by Gasteiger charge is 2.01. The van der Waals surface area contributed by atoms with Crippen LogP contribution in [0.5, 0.6) is 5.75 Å². The Labute approximate surface area is 92.6 Å². The highest BCUT2D eigenvalue weighted by molar-refractivity contribution is 5.98. The Balaban J connectivity index is 2.43. The highest BCUT2D eigenvalue weighted by atomic mass is 18.2. The van der Waals surface area contributed by atoms with Crippen molar-refractivity contribution >= 4 is 17.1 Å². The van der Waals surface area contributed by atoms with Crippen molar-refractivity contribution in [3.8, 4) is 5.75 Å². The van der Waals surface area contributed by atoms with Gasteiger partial charge in [0.2, 0.25) is 0 Å². The van der Waals surface area contributed by atoms with Gasteiger partial charge in [0.15, 0.2) is 6.29 Å². The number of aldehydes is 1. The molecule has 0 aliphatic heterocycles. The van der Waals surface area contributed by atoms with Gasteiger partial charge in [0.25, 0.3) is 0 Å². The summed E-state index contributed by atoms with van der Waals surface area (Å²) in [6.07, 6.45) is 0.824. The van der Waals surface area contributed by atoms with Crippen molar-refractivity contribution in [1.82, 2.24) is 0 Å². The third kappa shape index (κ3) is 2.03. The summed E-state index contributed by atoms with van der Waals surface area (Å²) in [5, 5.41) is 1.80. The van der Waals surface area contributed by atoms with Crippen LogP contribution < -0.4 is 4.74 Å². The molecule has 0 bridgehead atoms. The maximum absolute atomic E-state index is 11.9. The summed E-state index contributed by atoms with van der Waals surface area (Å²) in [5.41, 5.74) is 0.648. The van der Waals surface area contributed by atoms with E-state index in [-0.39, 0.29) is 6.61 Å². The zero-order valence-electron chi connectivity index (χ0n) is 8.65. The Kier molecular flexibility index (Phi) is 3.15. The number of fused-ring (bicyclic) bond motifs is 1. The second-order valence-electron chi connectivity index (χ2n) is 3.39. The third-order valence-corrected chi connectivity index (χ3v) is 2.36. The normalized spacial score (nSPS) is 10.3. The summed E-state index contributed by atoms with van der Waals surface area (Å²) in [4.78, 5) is 10.8. The molecule has 0 aromatic heterocycles. The van der Waals surface area contributed by atoms with E-state index in [0.29, 0.717) is 11.3 Å². The van der Waals surface area contributed by atoms with Crippen LogP contribution >= 0.6 is 0 Å². The standard InChI is InChI=1S/C13H11FO2/c14-6-7-16-12-4-5-13-10(8-12)2-1-3-11(13)9-15/h1-5,8-9H,6-7H2/i14-1. The Bertz CT molecular complexity index is 508. The van der Waals surface area contributed by atoms with E-state index in [2.05, 4.69) is 0 Å². The molecule has 0 unspecified atom stereocenters. The number of rotatable bonds is 4. The predicted octanol–water partition coefficient (Wildman–Crippen LogP) is 3.00. The fourth-order valence-corrected chi connectivity index (χ4v) is 1.64. The Morgan fingerprint density at radius 3 is 2.88 bits per heavy atom. The second-order valence-corrected chi connectivity index (χ2v) is 3.39. The predicted molar refractivity (Wildman–Crippen MR) is 60.8 cm³/mol. The van der Waals surface area contributed by atoms with Crippen LogP contribution in [0, 0.1) is 0 Å². The van der Waals surface area contributed by atoms with E-state index >= 15 is 0 Å². The minimum absolute atomic E-state index is 0.0544. The number of hydrogen-bond acceptors (Lipinski definition) is 2. The molecule has 0 N–H and O–H groups in total. The Morgan fingerprint density at radius 2 is 2.12 bits per heavy atom. The highest BCUT2D eigenvalue weighted by Crippen LogP contribution is 2.23. The van der Waals surface area contributed by atoms with Gasteiger partial charge in [0, 0.05) is 5.56 Å². The molecule has 0 saturated heterocycles. The molecule has 0 heterocycles. The first-order valence-corrected chi connectivity index (χ1v) is 5.02. The minimum Gasteiger partial charge on any atom is -0.491 e. The maximum atomic E-state index is 11.9. The lowest BCUT2D eigenvalue weighted by Crippen LogP contribution is -1.98. The summed E-state index contributed by atoms with van der Waals surface area (Å²) < 4.78 is 17.1. The molecule has 0 saturated carbocycles. The van der Waals surface area contributed by atoms with Crippen LogP contribution in [0.1, 0.15) is 10.4 Å². The summed E-state index contributed by atoms with van der Waals surface area (Å²) >= 11 is 0. The SMILES string of the molecule is O=Cc1cccc2cc(OCC[18F])ccc12. The molecule has 0 fully saturated rings. The number of benzene rings is 2. The fourth-order valence-electron chi connectivity index (χ4n) is 1.64. The first-order valence-electron chi connectivity index (χ1n) is 5.02. The maximum Gasteiger partial charge on any atom is 0.150 e. The lowest BCUT2D eigenvalue weighted by atomic mass is 10.1. The molecule has 0 radical (unpaired) electrons. The Hall–Kier alpha value is -1.90. The van der Waals surface area contributed by atoms with Crippen molar-refractivity contribution in [2.24, 2.45) is 0 Å². The van der Waals surface area contributed by atoms with E-state index in [9.17, 15) is 9.18 Å². The summed E-state index contributed by atoms with van der Waals surface area (Å²) in [6, 6.07) is 10.8. The quantitative estimate of drug-likeness (QED) is 0.736. The fraction of sp³-hybridized carbons (Fsp3) is 0.154. The van der Waals surface area contributed by atoms with E-state index in [4.69, 9.17) is 4.74 Å². The molecule has 0 spiro atoms. The van der Waals surface area contributed by atoms with Crippen molar-refractivity contribution in [3.63, 3.8) is 0 Å². The van der Waals surface area contributed by atoms with Gasteiger partial charge in [-0.25, -0.2) is 4.39 Å². The van der Waals surface area contributed by atoms with Gasteiger partial charge in [-0.2, -0.15) is 0 Å². The molecule has 0 amide bonds. The number of carbonyl (C=O) groups excluding carboxylic acids is 1. The first-order chi connectivity index (χ1) is 7.85. The molecular formula is C13H11FO2. The topological polar surface area (TPSA) is 26.3 Å². The Morgan fingerprint density at radius 1 is 1.25 bits per heavy atom. The van der Waals surface area contributed by atoms with E-state index < -0.39 is 6.67 Å². The van der Waals surface area contributed by atoms with Crippen LogP contribution in [0.3, 0.4) is 0 Å². The summed E-state index contributed by atoms with van der Waals surface area (Å²) in [7, 11) is 0. The van der Waals surface area contributed by atoms with Gasteiger partial charge < -0.3 is 4.74 Å². The van der Waals surface area contributed by atoms with Crippen molar-refractivity contribution in [3.05, 3.63) is 42.0 Å². The summed E-state index contributed by atoms with van der Waals surface area (Å²) in [5.74, 6) is 0.619. The van der Waals surface area contributed by atoms with Crippen molar-refractivity contribution in [2.45, 2.75) is 0 Å². The van der Waals surface area contributed by atoms with E-state index in [0.717, 1.165) is 17.1 Å². The van der Waals surface area contributed by atoms with Gasteiger partial charge in [-0.05, 0) is 29.0 Å². The second kappa shape index (κ2) is 4.75. The first kappa shape index (κ1) is 10.6. The van der Waals surface area contributed by atoms with Crippen molar-refractivity contribution in [2.75, 3.05) is 13.3 Å². The van der Waals surface area contributed by atoms with Crippen molar-refractivity contribution in [1.29, 1.82) is 0 Å². The number of ether oxygens (including phenoxy) is 1. The summed E-state index contributed by atoms with van der Waals surface area (Å²) in [6.45, 7) is -0.453. The monoisotopic (exact) mass is 217 g/mol. The van der Waals surface area contributed by atoms with Crippen LogP contribution in [-0.4, -0.2) is 19.6 Å². The molecule has 82 valence electrons.